The van der Waals surface area contributed by atoms with Crippen molar-refractivity contribution in [3.8, 4) is 0 Å². The van der Waals surface area contributed by atoms with Gasteiger partial charge in [-0.3, -0.25) is 4.79 Å². The van der Waals surface area contributed by atoms with E-state index in [1.807, 2.05) is 13.8 Å². The van der Waals surface area contributed by atoms with Crippen LogP contribution in [0.1, 0.15) is 23.5 Å². The predicted octanol–water partition coefficient (Wildman–Crippen LogP) is 1.69. The number of nitrogens with one attached hydrogen (secondary N) is 1. The highest BCUT2D eigenvalue weighted by Gasteiger charge is 2.06. The molecule has 0 fully saturated rings. The summed E-state index contributed by atoms with van der Waals surface area (Å²) in [5.41, 5.74) is 0. The Morgan fingerprint density at radius 1 is 1.73 bits per heavy atom. The van der Waals surface area contributed by atoms with Gasteiger partial charge in [0.1, 0.15) is 0 Å². The Bertz CT molecular complexity index is 228. The van der Waals surface area contributed by atoms with Crippen molar-refractivity contribution in [3.05, 3.63) is 22.4 Å². The molecular formula is C8H10NOS. The summed E-state index contributed by atoms with van der Waals surface area (Å²) in [6.45, 7) is 3.88. The first-order chi connectivity index (χ1) is 5.20. The van der Waals surface area contributed by atoms with Crippen molar-refractivity contribution in [1.82, 2.24) is 5.32 Å². The zero-order valence-electron chi connectivity index (χ0n) is 6.55. The molecule has 11 heavy (non-hydrogen) atoms. The third kappa shape index (κ3) is 2.35. The van der Waals surface area contributed by atoms with Gasteiger partial charge in [-0.2, -0.15) is 0 Å². The van der Waals surface area contributed by atoms with Gasteiger partial charge >= 0.3 is 0 Å². The van der Waals surface area contributed by atoms with E-state index in [0.29, 0.717) is 0 Å². The van der Waals surface area contributed by atoms with Crippen LogP contribution >= 0.6 is 11.3 Å². The quantitative estimate of drug-likeness (QED) is 0.715. The molecule has 1 amide bonds. The summed E-state index contributed by atoms with van der Waals surface area (Å²) in [7, 11) is 0. The zero-order chi connectivity index (χ0) is 8.27. The fourth-order valence-corrected chi connectivity index (χ4v) is 1.25. The van der Waals surface area contributed by atoms with E-state index in [4.69, 9.17) is 0 Å². The standard InChI is InChI=1S/C8H10NOS/c1-6(2)9-8(10)7-4-3-5-11-7/h3-4,6H,1-2H3,(H,9,10). The van der Waals surface area contributed by atoms with Gasteiger partial charge in [0, 0.05) is 11.4 Å². The zero-order valence-corrected chi connectivity index (χ0v) is 7.37. The maximum absolute atomic E-state index is 11.2. The summed E-state index contributed by atoms with van der Waals surface area (Å²) >= 11 is 1.34. The topological polar surface area (TPSA) is 29.1 Å². The monoisotopic (exact) mass is 168 g/mol. The number of carbonyl (C=O) groups excluding carboxylic acids is 1. The first-order valence-electron chi connectivity index (χ1n) is 3.47. The van der Waals surface area contributed by atoms with Crippen LogP contribution in [0.25, 0.3) is 0 Å². The van der Waals surface area contributed by atoms with Crippen molar-refractivity contribution < 1.29 is 4.79 Å². The largest absolute Gasteiger partial charge is 0.349 e. The minimum absolute atomic E-state index is 0.00810. The van der Waals surface area contributed by atoms with E-state index in [9.17, 15) is 4.79 Å². The van der Waals surface area contributed by atoms with Gasteiger partial charge in [-0.15, -0.1) is 11.3 Å². The first kappa shape index (κ1) is 8.27. The third-order valence-corrected chi connectivity index (χ3v) is 1.91. The minimum atomic E-state index is -0.00810. The molecule has 1 aromatic heterocycles. The molecule has 1 aromatic rings. The van der Waals surface area contributed by atoms with Crippen LogP contribution in [0.3, 0.4) is 0 Å². The molecule has 0 spiro atoms. The summed E-state index contributed by atoms with van der Waals surface area (Å²) in [4.78, 5) is 11.9. The second-order valence-electron chi connectivity index (χ2n) is 2.55. The molecule has 0 aromatic carbocycles. The van der Waals surface area contributed by atoms with Gasteiger partial charge in [-0.25, -0.2) is 0 Å². The Hall–Kier alpha value is -0.830. The highest BCUT2D eigenvalue weighted by atomic mass is 32.1. The molecular weight excluding hydrogens is 158 g/mol. The Kier molecular flexibility index (Phi) is 2.65. The number of amides is 1. The van der Waals surface area contributed by atoms with E-state index in [2.05, 4.69) is 10.7 Å². The molecule has 1 heterocycles. The van der Waals surface area contributed by atoms with E-state index < -0.39 is 0 Å². The van der Waals surface area contributed by atoms with Crippen LogP contribution in [0.2, 0.25) is 0 Å². The van der Waals surface area contributed by atoms with Crippen molar-refractivity contribution in [2.45, 2.75) is 19.9 Å². The summed E-state index contributed by atoms with van der Waals surface area (Å²) in [5, 5.41) is 5.66. The Morgan fingerprint density at radius 3 is 2.91 bits per heavy atom. The van der Waals surface area contributed by atoms with E-state index in [0.717, 1.165) is 4.88 Å². The molecule has 0 atom stereocenters. The van der Waals surface area contributed by atoms with Crippen LogP contribution < -0.4 is 5.32 Å². The van der Waals surface area contributed by atoms with Crippen LogP contribution in [0, 0.1) is 5.38 Å². The van der Waals surface area contributed by atoms with Crippen molar-refractivity contribution in [2.24, 2.45) is 0 Å². The molecule has 1 radical (unpaired) electrons. The van der Waals surface area contributed by atoms with Crippen LogP contribution in [0.5, 0.6) is 0 Å². The highest BCUT2D eigenvalue weighted by Crippen LogP contribution is 2.06. The summed E-state index contributed by atoms with van der Waals surface area (Å²) < 4.78 is 0. The number of thiophene rings is 1. The lowest BCUT2D eigenvalue weighted by Crippen LogP contribution is -2.29. The maximum atomic E-state index is 11.2. The van der Waals surface area contributed by atoms with Crippen molar-refractivity contribution in [1.29, 1.82) is 0 Å². The number of hydrogen-bond acceptors (Lipinski definition) is 2. The number of carbonyl (C=O) groups is 1. The van der Waals surface area contributed by atoms with Crippen LogP contribution in [-0.2, 0) is 0 Å². The van der Waals surface area contributed by atoms with Crippen LogP contribution in [-0.4, -0.2) is 11.9 Å². The Balaban J connectivity index is 2.57. The molecule has 0 saturated carbocycles. The van der Waals surface area contributed by atoms with Gasteiger partial charge in [0.15, 0.2) is 0 Å². The van der Waals surface area contributed by atoms with Crippen molar-refractivity contribution >= 4 is 17.2 Å². The average Bonchev–Trinajstić information content (AvgIpc) is 2.35. The van der Waals surface area contributed by atoms with E-state index in [-0.39, 0.29) is 11.9 Å². The SMILES string of the molecule is CC(C)NC(=O)c1cc[c]s1. The highest BCUT2D eigenvalue weighted by molar-refractivity contribution is 7.11. The van der Waals surface area contributed by atoms with Crippen molar-refractivity contribution in [3.63, 3.8) is 0 Å². The molecule has 0 bridgehead atoms. The lowest BCUT2D eigenvalue weighted by Gasteiger charge is -2.05. The maximum Gasteiger partial charge on any atom is 0.261 e. The second-order valence-corrected chi connectivity index (χ2v) is 3.43. The Morgan fingerprint density at radius 2 is 2.45 bits per heavy atom. The van der Waals surface area contributed by atoms with Crippen LogP contribution in [0.15, 0.2) is 12.1 Å². The van der Waals surface area contributed by atoms with Gasteiger partial charge in [-0.1, -0.05) is 0 Å². The summed E-state index contributed by atoms with van der Waals surface area (Å²) in [6.07, 6.45) is 0. The molecule has 0 unspecified atom stereocenters. The second kappa shape index (κ2) is 3.53. The minimum Gasteiger partial charge on any atom is -0.349 e. The molecule has 0 aliphatic carbocycles. The van der Waals surface area contributed by atoms with Gasteiger partial charge < -0.3 is 5.32 Å². The van der Waals surface area contributed by atoms with Crippen molar-refractivity contribution in [2.75, 3.05) is 0 Å². The van der Waals surface area contributed by atoms with Gasteiger partial charge in [0.2, 0.25) is 0 Å². The number of hydrogen-bond donors (Lipinski definition) is 1. The third-order valence-electron chi connectivity index (χ3n) is 1.12. The van der Waals surface area contributed by atoms with Gasteiger partial charge in [-0.05, 0) is 26.0 Å². The fourth-order valence-electron chi connectivity index (χ4n) is 0.697. The normalized spacial score (nSPS) is 10.1. The lowest BCUT2D eigenvalue weighted by molar-refractivity contribution is 0.0947. The molecule has 59 valence electrons. The lowest BCUT2D eigenvalue weighted by atomic mass is 10.3. The molecule has 2 nitrogen and oxygen atoms in total. The van der Waals surface area contributed by atoms with Gasteiger partial charge in [0.25, 0.3) is 5.91 Å². The predicted molar refractivity (Wildman–Crippen MR) is 45.8 cm³/mol. The molecule has 0 aliphatic rings. The molecule has 3 heteroatoms. The summed E-state index contributed by atoms with van der Waals surface area (Å²) in [5.74, 6) is -0.00810. The smallest absolute Gasteiger partial charge is 0.261 e. The average molecular weight is 168 g/mol. The van der Waals surface area contributed by atoms with E-state index >= 15 is 0 Å². The number of rotatable bonds is 2. The Labute approximate surface area is 70.2 Å². The molecule has 0 aliphatic heterocycles. The van der Waals surface area contributed by atoms with E-state index in [1.54, 1.807) is 12.1 Å². The molecule has 0 saturated heterocycles. The van der Waals surface area contributed by atoms with Gasteiger partial charge in [0.05, 0.1) is 4.88 Å². The van der Waals surface area contributed by atoms with Crippen LogP contribution in [0.4, 0.5) is 0 Å². The summed E-state index contributed by atoms with van der Waals surface area (Å²) in [6, 6.07) is 3.71. The first-order valence-corrected chi connectivity index (χ1v) is 4.28. The molecule has 1 rings (SSSR count). The van der Waals surface area contributed by atoms with E-state index in [1.165, 1.54) is 11.3 Å². The fraction of sp³-hybridized carbons (Fsp3) is 0.375. The molecule has 1 N–H and O–H groups in total.